The Labute approximate surface area is 117 Å². The van der Waals surface area contributed by atoms with Crippen molar-refractivity contribution in [1.82, 2.24) is 9.88 Å². The molecule has 20 heavy (non-hydrogen) atoms. The van der Waals surface area contributed by atoms with Crippen molar-refractivity contribution >= 4 is 10.9 Å². The van der Waals surface area contributed by atoms with Gasteiger partial charge in [0.2, 0.25) is 0 Å². The van der Waals surface area contributed by atoms with Gasteiger partial charge in [-0.25, -0.2) is 4.39 Å². The molecule has 1 aromatic heterocycles. The zero-order valence-corrected chi connectivity index (χ0v) is 11.4. The minimum absolute atomic E-state index is 0.152. The van der Waals surface area contributed by atoms with Gasteiger partial charge in [-0.05, 0) is 36.2 Å². The molecule has 0 saturated heterocycles. The first-order valence-corrected chi connectivity index (χ1v) is 6.74. The van der Waals surface area contributed by atoms with Gasteiger partial charge in [-0.2, -0.15) is 0 Å². The molecule has 0 aliphatic heterocycles. The van der Waals surface area contributed by atoms with E-state index in [-0.39, 0.29) is 5.82 Å². The molecule has 0 spiro atoms. The summed E-state index contributed by atoms with van der Waals surface area (Å²) in [6.07, 6.45) is 2.01. The van der Waals surface area contributed by atoms with Crippen LogP contribution in [0.15, 0.2) is 54.7 Å². The number of fused-ring (bicyclic) bond motifs is 1. The molecule has 0 unspecified atom stereocenters. The lowest BCUT2D eigenvalue weighted by Crippen LogP contribution is -2.05. The second-order valence-corrected chi connectivity index (χ2v) is 4.96. The Morgan fingerprint density at radius 1 is 1.10 bits per heavy atom. The molecule has 2 nitrogen and oxygen atoms in total. The van der Waals surface area contributed by atoms with Crippen LogP contribution in [0.5, 0.6) is 0 Å². The number of aromatic nitrogens is 1. The highest BCUT2D eigenvalue weighted by Gasteiger charge is 2.06. The van der Waals surface area contributed by atoms with Crippen LogP contribution in [-0.2, 0) is 13.1 Å². The predicted molar refractivity (Wildman–Crippen MR) is 80.2 cm³/mol. The lowest BCUT2D eigenvalue weighted by molar-refractivity contribution is 0.602. The van der Waals surface area contributed by atoms with Crippen molar-refractivity contribution in [2.24, 2.45) is 0 Å². The molecule has 3 heteroatoms. The number of nitrogens with zero attached hydrogens (tertiary/aromatic N) is 1. The van der Waals surface area contributed by atoms with E-state index in [1.807, 2.05) is 25.4 Å². The minimum atomic E-state index is -0.152. The lowest BCUT2D eigenvalue weighted by atomic mass is 10.1. The van der Waals surface area contributed by atoms with E-state index in [4.69, 9.17) is 0 Å². The van der Waals surface area contributed by atoms with Gasteiger partial charge in [-0.15, -0.1) is 0 Å². The summed E-state index contributed by atoms with van der Waals surface area (Å²) in [4.78, 5) is 0. The van der Waals surface area contributed by atoms with E-state index in [1.54, 1.807) is 6.07 Å². The van der Waals surface area contributed by atoms with E-state index in [2.05, 4.69) is 34.1 Å². The normalized spacial score (nSPS) is 11.1. The second kappa shape index (κ2) is 5.47. The van der Waals surface area contributed by atoms with Crippen LogP contribution < -0.4 is 5.32 Å². The van der Waals surface area contributed by atoms with Crippen LogP contribution >= 0.6 is 0 Å². The third-order valence-corrected chi connectivity index (χ3v) is 3.52. The van der Waals surface area contributed by atoms with E-state index in [0.717, 1.165) is 12.1 Å². The summed E-state index contributed by atoms with van der Waals surface area (Å²) in [5, 5.41) is 4.33. The van der Waals surface area contributed by atoms with Gasteiger partial charge in [-0.3, -0.25) is 0 Å². The lowest BCUT2D eigenvalue weighted by Gasteiger charge is -2.08. The molecule has 3 aromatic rings. The number of benzene rings is 2. The van der Waals surface area contributed by atoms with Crippen LogP contribution in [0.3, 0.4) is 0 Å². The maximum atomic E-state index is 13.8. The van der Waals surface area contributed by atoms with Gasteiger partial charge in [0.05, 0.1) is 6.54 Å². The molecule has 0 atom stereocenters. The molecule has 0 fully saturated rings. The molecule has 102 valence electrons. The highest BCUT2D eigenvalue weighted by Crippen LogP contribution is 2.20. The van der Waals surface area contributed by atoms with Crippen molar-refractivity contribution in [1.29, 1.82) is 0 Å². The Morgan fingerprint density at radius 2 is 1.95 bits per heavy atom. The molecule has 0 aliphatic rings. The third kappa shape index (κ3) is 2.45. The third-order valence-electron chi connectivity index (χ3n) is 3.52. The molecular weight excluding hydrogens is 251 g/mol. The first-order valence-electron chi connectivity index (χ1n) is 6.74. The highest BCUT2D eigenvalue weighted by atomic mass is 19.1. The predicted octanol–water partition coefficient (Wildman–Crippen LogP) is 3.55. The van der Waals surface area contributed by atoms with Crippen molar-refractivity contribution in [3.8, 4) is 0 Å². The van der Waals surface area contributed by atoms with Crippen LogP contribution in [-0.4, -0.2) is 11.6 Å². The molecule has 2 aromatic carbocycles. The number of nitrogens with one attached hydrogen (secondary N) is 1. The Hall–Kier alpha value is -2.13. The first-order chi connectivity index (χ1) is 9.78. The Morgan fingerprint density at radius 3 is 2.75 bits per heavy atom. The molecule has 1 N–H and O–H groups in total. The molecule has 0 aliphatic carbocycles. The standard InChI is InChI=1S/C17H17FN2/c1-19-11-13-6-7-14-8-9-20(17(14)10-13)12-15-4-2-3-5-16(15)18/h2-10,19H,11-12H2,1H3. The topological polar surface area (TPSA) is 17.0 Å². The largest absolute Gasteiger partial charge is 0.343 e. The van der Waals surface area contributed by atoms with Crippen molar-refractivity contribution in [2.75, 3.05) is 7.05 Å². The van der Waals surface area contributed by atoms with Crippen molar-refractivity contribution < 1.29 is 4.39 Å². The number of halogens is 1. The first kappa shape index (κ1) is 12.9. The van der Waals surface area contributed by atoms with Crippen molar-refractivity contribution in [2.45, 2.75) is 13.1 Å². The van der Waals surface area contributed by atoms with E-state index >= 15 is 0 Å². The van der Waals surface area contributed by atoms with Gasteiger partial charge in [0.1, 0.15) is 5.82 Å². The summed E-state index contributed by atoms with van der Waals surface area (Å²) in [5.74, 6) is -0.152. The highest BCUT2D eigenvalue weighted by molar-refractivity contribution is 5.81. The smallest absolute Gasteiger partial charge is 0.128 e. The minimum Gasteiger partial charge on any atom is -0.343 e. The van der Waals surface area contributed by atoms with Gasteiger partial charge in [-0.1, -0.05) is 30.3 Å². The molecular formula is C17H17FN2. The fraction of sp³-hybridized carbons (Fsp3) is 0.176. The SMILES string of the molecule is CNCc1ccc2ccn(Cc3ccccc3F)c2c1. The summed E-state index contributed by atoms with van der Waals surface area (Å²) in [6.45, 7) is 1.39. The second-order valence-electron chi connectivity index (χ2n) is 4.96. The average molecular weight is 268 g/mol. The van der Waals surface area contributed by atoms with Crippen LogP contribution in [0.25, 0.3) is 10.9 Å². The zero-order chi connectivity index (χ0) is 13.9. The van der Waals surface area contributed by atoms with E-state index in [9.17, 15) is 4.39 Å². The van der Waals surface area contributed by atoms with E-state index in [1.165, 1.54) is 17.0 Å². The number of hydrogen-bond donors (Lipinski definition) is 1. The quantitative estimate of drug-likeness (QED) is 0.765. The van der Waals surface area contributed by atoms with Gasteiger partial charge in [0, 0.05) is 23.8 Å². The Balaban J connectivity index is 1.99. The van der Waals surface area contributed by atoms with Crippen LogP contribution in [0.4, 0.5) is 4.39 Å². The van der Waals surface area contributed by atoms with Gasteiger partial charge >= 0.3 is 0 Å². The summed E-state index contributed by atoms with van der Waals surface area (Å²) in [7, 11) is 1.93. The summed E-state index contributed by atoms with van der Waals surface area (Å²) < 4.78 is 15.8. The van der Waals surface area contributed by atoms with Crippen molar-refractivity contribution in [3.05, 3.63) is 71.7 Å². The van der Waals surface area contributed by atoms with Crippen molar-refractivity contribution in [3.63, 3.8) is 0 Å². The zero-order valence-electron chi connectivity index (χ0n) is 11.4. The van der Waals surface area contributed by atoms with Gasteiger partial charge in [0.15, 0.2) is 0 Å². The molecule has 0 amide bonds. The number of hydrogen-bond acceptors (Lipinski definition) is 1. The number of rotatable bonds is 4. The summed E-state index contributed by atoms with van der Waals surface area (Å²) in [5.41, 5.74) is 3.08. The van der Waals surface area contributed by atoms with Crippen LogP contribution in [0, 0.1) is 5.82 Å². The molecule has 0 saturated carbocycles. The van der Waals surface area contributed by atoms with Crippen LogP contribution in [0.1, 0.15) is 11.1 Å². The van der Waals surface area contributed by atoms with Gasteiger partial charge < -0.3 is 9.88 Å². The summed E-state index contributed by atoms with van der Waals surface area (Å²) >= 11 is 0. The maximum absolute atomic E-state index is 13.8. The molecule has 3 rings (SSSR count). The summed E-state index contributed by atoms with van der Waals surface area (Å²) in [6, 6.07) is 15.4. The Kier molecular flexibility index (Phi) is 3.52. The molecule has 0 bridgehead atoms. The fourth-order valence-electron chi connectivity index (χ4n) is 2.49. The Bertz CT molecular complexity index is 731. The van der Waals surface area contributed by atoms with Gasteiger partial charge in [0.25, 0.3) is 0 Å². The average Bonchev–Trinajstić information content (AvgIpc) is 2.85. The molecule has 0 radical (unpaired) electrons. The van der Waals surface area contributed by atoms with Crippen LogP contribution in [0.2, 0.25) is 0 Å². The molecule has 1 heterocycles. The maximum Gasteiger partial charge on any atom is 0.128 e. The van der Waals surface area contributed by atoms with E-state index in [0.29, 0.717) is 12.1 Å². The van der Waals surface area contributed by atoms with E-state index < -0.39 is 0 Å². The fourth-order valence-corrected chi connectivity index (χ4v) is 2.49. The monoisotopic (exact) mass is 268 g/mol.